The van der Waals surface area contributed by atoms with Crippen molar-refractivity contribution in [2.45, 2.75) is 31.7 Å². The SMILES string of the molecule is NC(CCc1cncc(Br)c1)C1CC1. The molecule has 0 aliphatic heterocycles. The van der Waals surface area contributed by atoms with Crippen LogP contribution in [0.2, 0.25) is 0 Å². The molecule has 2 rings (SSSR count). The number of pyridine rings is 1. The lowest BCUT2D eigenvalue weighted by molar-refractivity contribution is 0.550. The number of nitrogens with zero attached hydrogens (tertiary/aromatic N) is 1. The van der Waals surface area contributed by atoms with Gasteiger partial charge in [-0.2, -0.15) is 0 Å². The molecule has 0 aromatic carbocycles. The fraction of sp³-hybridized carbons (Fsp3) is 0.545. The molecule has 1 atom stereocenters. The summed E-state index contributed by atoms with van der Waals surface area (Å²) in [6.07, 6.45) is 8.53. The Balaban J connectivity index is 1.84. The van der Waals surface area contributed by atoms with E-state index in [0.29, 0.717) is 6.04 Å². The fourth-order valence-electron chi connectivity index (χ4n) is 1.69. The minimum Gasteiger partial charge on any atom is -0.327 e. The molecule has 76 valence electrons. The number of aromatic nitrogens is 1. The predicted molar refractivity (Wildman–Crippen MR) is 61.0 cm³/mol. The van der Waals surface area contributed by atoms with Crippen molar-refractivity contribution in [1.29, 1.82) is 0 Å². The van der Waals surface area contributed by atoms with Gasteiger partial charge in [-0.3, -0.25) is 4.98 Å². The summed E-state index contributed by atoms with van der Waals surface area (Å²) >= 11 is 3.42. The van der Waals surface area contributed by atoms with Gasteiger partial charge in [0.2, 0.25) is 0 Å². The Labute approximate surface area is 93.0 Å². The third kappa shape index (κ3) is 2.79. The zero-order valence-corrected chi connectivity index (χ0v) is 9.70. The van der Waals surface area contributed by atoms with Crippen LogP contribution in [0.25, 0.3) is 0 Å². The van der Waals surface area contributed by atoms with E-state index >= 15 is 0 Å². The second-order valence-electron chi connectivity index (χ2n) is 4.05. The van der Waals surface area contributed by atoms with Crippen LogP contribution in [0, 0.1) is 5.92 Å². The zero-order chi connectivity index (χ0) is 9.97. The predicted octanol–water partition coefficient (Wildman–Crippen LogP) is 2.51. The largest absolute Gasteiger partial charge is 0.327 e. The molecule has 1 aliphatic carbocycles. The molecule has 0 radical (unpaired) electrons. The van der Waals surface area contributed by atoms with E-state index in [1.165, 1.54) is 18.4 Å². The summed E-state index contributed by atoms with van der Waals surface area (Å²) < 4.78 is 1.05. The average molecular weight is 255 g/mol. The molecule has 1 aromatic heterocycles. The Morgan fingerprint density at radius 3 is 2.93 bits per heavy atom. The second kappa shape index (κ2) is 4.41. The number of nitrogens with two attached hydrogens (primary N) is 1. The first-order valence-corrected chi connectivity index (χ1v) is 5.90. The van der Waals surface area contributed by atoms with E-state index in [1.54, 1.807) is 0 Å². The molecular formula is C11H15BrN2. The molecule has 0 bridgehead atoms. The van der Waals surface area contributed by atoms with Gasteiger partial charge in [-0.05, 0) is 59.2 Å². The van der Waals surface area contributed by atoms with Gasteiger partial charge in [-0.25, -0.2) is 0 Å². The van der Waals surface area contributed by atoms with Gasteiger partial charge in [0, 0.05) is 22.9 Å². The first-order chi connectivity index (χ1) is 6.75. The first kappa shape index (κ1) is 10.1. The maximum Gasteiger partial charge on any atom is 0.0410 e. The molecule has 0 spiro atoms. The number of hydrogen-bond donors (Lipinski definition) is 1. The quantitative estimate of drug-likeness (QED) is 0.897. The standard InChI is InChI=1S/C11H15BrN2/c12-10-5-8(6-14-7-10)1-4-11(13)9-2-3-9/h5-7,9,11H,1-4,13H2. The Morgan fingerprint density at radius 1 is 1.50 bits per heavy atom. The Morgan fingerprint density at radius 2 is 2.29 bits per heavy atom. The molecule has 0 saturated heterocycles. The van der Waals surface area contributed by atoms with Gasteiger partial charge >= 0.3 is 0 Å². The number of rotatable bonds is 4. The normalized spacial score (nSPS) is 18.1. The molecule has 14 heavy (non-hydrogen) atoms. The third-order valence-electron chi connectivity index (χ3n) is 2.76. The number of hydrogen-bond acceptors (Lipinski definition) is 2. The average Bonchev–Trinajstić information content (AvgIpc) is 2.97. The van der Waals surface area contributed by atoms with Crippen LogP contribution in [0.4, 0.5) is 0 Å². The van der Waals surface area contributed by atoms with E-state index in [2.05, 4.69) is 27.0 Å². The minimum absolute atomic E-state index is 0.397. The van der Waals surface area contributed by atoms with Gasteiger partial charge in [0.25, 0.3) is 0 Å². The topological polar surface area (TPSA) is 38.9 Å². The second-order valence-corrected chi connectivity index (χ2v) is 4.97. The number of halogens is 1. The van der Waals surface area contributed by atoms with Crippen molar-refractivity contribution in [1.82, 2.24) is 4.98 Å². The smallest absolute Gasteiger partial charge is 0.0410 e. The van der Waals surface area contributed by atoms with E-state index in [-0.39, 0.29) is 0 Å². The maximum absolute atomic E-state index is 6.03. The van der Waals surface area contributed by atoms with Crippen molar-refractivity contribution in [2.24, 2.45) is 11.7 Å². The van der Waals surface area contributed by atoms with E-state index in [9.17, 15) is 0 Å². The van der Waals surface area contributed by atoms with Gasteiger partial charge in [0.15, 0.2) is 0 Å². The van der Waals surface area contributed by atoms with Crippen LogP contribution in [0.1, 0.15) is 24.8 Å². The van der Waals surface area contributed by atoms with E-state index in [4.69, 9.17) is 5.73 Å². The summed E-state index contributed by atoms with van der Waals surface area (Å²) in [6.45, 7) is 0. The monoisotopic (exact) mass is 254 g/mol. The molecule has 1 saturated carbocycles. The minimum atomic E-state index is 0.397. The Hall–Kier alpha value is -0.410. The molecule has 1 unspecified atom stereocenters. The van der Waals surface area contributed by atoms with Crippen LogP contribution in [0.5, 0.6) is 0 Å². The summed E-state index contributed by atoms with van der Waals surface area (Å²) in [7, 11) is 0. The van der Waals surface area contributed by atoms with Crippen molar-refractivity contribution < 1.29 is 0 Å². The van der Waals surface area contributed by atoms with Crippen molar-refractivity contribution in [3.8, 4) is 0 Å². The molecule has 1 aliphatic rings. The fourth-order valence-corrected chi connectivity index (χ4v) is 2.10. The number of aryl methyl sites for hydroxylation is 1. The summed E-state index contributed by atoms with van der Waals surface area (Å²) in [5, 5.41) is 0. The molecular weight excluding hydrogens is 240 g/mol. The van der Waals surface area contributed by atoms with Crippen LogP contribution in [0.3, 0.4) is 0 Å². The summed E-state index contributed by atoms with van der Waals surface area (Å²) in [4.78, 5) is 4.13. The highest BCUT2D eigenvalue weighted by Crippen LogP contribution is 2.33. The highest BCUT2D eigenvalue weighted by atomic mass is 79.9. The maximum atomic E-state index is 6.03. The van der Waals surface area contributed by atoms with Crippen LogP contribution < -0.4 is 5.73 Å². The Kier molecular flexibility index (Phi) is 3.19. The van der Waals surface area contributed by atoms with Crippen molar-refractivity contribution in [3.05, 3.63) is 28.5 Å². The Bertz CT molecular complexity index is 310. The zero-order valence-electron chi connectivity index (χ0n) is 8.12. The van der Waals surface area contributed by atoms with Crippen LogP contribution in [0.15, 0.2) is 22.9 Å². The van der Waals surface area contributed by atoms with Crippen molar-refractivity contribution in [2.75, 3.05) is 0 Å². The molecule has 3 heteroatoms. The highest BCUT2D eigenvalue weighted by Gasteiger charge is 2.27. The summed E-state index contributed by atoms with van der Waals surface area (Å²) in [5.41, 5.74) is 7.31. The van der Waals surface area contributed by atoms with Crippen LogP contribution in [-0.2, 0) is 6.42 Å². The summed E-state index contributed by atoms with van der Waals surface area (Å²) in [5.74, 6) is 0.801. The summed E-state index contributed by atoms with van der Waals surface area (Å²) in [6, 6.07) is 2.51. The van der Waals surface area contributed by atoms with Gasteiger partial charge in [0.1, 0.15) is 0 Å². The van der Waals surface area contributed by atoms with E-state index < -0.39 is 0 Å². The first-order valence-electron chi connectivity index (χ1n) is 5.11. The van der Waals surface area contributed by atoms with E-state index in [1.807, 2.05) is 12.4 Å². The van der Waals surface area contributed by atoms with Gasteiger partial charge in [-0.1, -0.05) is 0 Å². The van der Waals surface area contributed by atoms with E-state index in [0.717, 1.165) is 23.2 Å². The van der Waals surface area contributed by atoms with Crippen LogP contribution >= 0.6 is 15.9 Å². The molecule has 0 amide bonds. The van der Waals surface area contributed by atoms with Crippen molar-refractivity contribution in [3.63, 3.8) is 0 Å². The molecule has 1 heterocycles. The lowest BCUT2D eigenvalue weighted by atomic mass is 10.0. The molecule has 2 N–H and O–H groups in total. The van der Waals surface area contributed by atoms with Gasteiger partial charge < -0.3 is 5.73 Å². The van der Waals surface area contributed by atoms with Gasteiger partial charge in [-0.15, -0.1) is 0 Å². The lowest BCUT2D eigenvalue weighted by Gasteiger charge is -2.09. The highest BCUT2D eigenvalue weighted by molar-refractivity contribution is 9.10. The molecule has 1 aromatic rings. The lowest BCUT2D eigenvalue weighted by Crippen LogP contribution is -2.22. The van der Waals surface area contributed by atoms with Gasteiger partial charge in [0.05, 0.1) is 0 Å². The van der Waals surface area contributed by atoms with Crippen LogP contribution in [-0.4, -0.2) is 11.0 Å². The third-order valence-corrected chi connectivity index (χ3v) is 3.19. The molecule has 2 nitrogen and oxygen atoms in total. The molecule has 1 fully saturated rings. The van der Waals surface area contributed by atoms with Crippen molar-refractivity contribution >= 4 is 15.9 Å².